The molecular weight excluding hydrogens is 392 g/mol. The fraction of sp³-hybridized carbons (Fsp3) is 0.792. The summed E-state index contributed by atoms with van der Waals surface area (Å²) in [5, 5.41) is 0. The van der Waals surface area contributed by atoms with Gasteiger partial charge in [-0.1, -0.05) is 19.3 Å². The van der Waals surface area contributed by atoms with Crippen molar-refractivity contribution in [2.75, 3.05) is 26.3 Å². The van der Waals surface area contributed by atoms with Crippen LogP contribution < -0.4 is 5.56 Å². The maximum Gasteiger partial charge on any atom is 0.255 e. The average Bonchev–Trinajstić information content (AvgIpc) is 3.30. The number of amides is 1. The number of H-pyrrole nitrogens is 1. The Hall–Kier alpha value is -1.73. The lowest BCUT2D eigenvalue weighted by Gasteiger charge is -2.37. The highest BCUT2D eigenvalue weighted by molar-refractivity contribution is 5.77. The van der Waals surface area contributed by atoms with Crippen LogP contribution in [0.15, 0.2) is 4.79 Å². The lowest BCUT2D eigenvalue weighted by molar-refractivity contribution is -0.133. The molecule has 4 aliphatic rings. The van der Waals surface area contributed by atoms with E-state index in [9.17, 15) is 9.59 Å². The van der Waals surface area contributed by atoms with Gasteiger partial charge in [-0.2, -0.15) is 0 Å². The molecule has 3 aliphatic heterocycles. The van der Waals surface area contributed by atoms with E-state index in [0.29, 0.717) is 30.7 Å². The van der Waals surface area contributed by atoms with Crippen LogP contribution in [0.5, 0.6) is 0 Å². The molecule has 31 heavy (non-hydrogen) atoms. The van der Waals surface area contributed by atoms with Crippen LogP contribution in [0.3, 0.4) is 0 Å². The summed E-state index contributed by atoms with van der Waals surface area (Å²) in [5.41, 5.74) is 1.75. The summed E-state index contributed by atoms with van der Waals surface area (Å²) < 4.78 is 5.49. The molecule has 0 spiro atoms. The maximum atomic E-state index is 13.1. The number of hydrogen-bond donors (Lipinski definition) is 1. The van der Waals surface area contributed by atoms with Crippen molar-refractivity contribution < 1.29 is 9.53 Å². The molecule has 7 heteroatoms. The highest BCUT2D eigenvalue weighted by Gasteiger charge is 2.34. The molecule has 1 saturated carbocycles. The molecule has 5 rings (SSSR count). The minimum atomic E-state index is -0.0670. The van der Waals surface area contributed by atoms with Gasteiger partial charge in [0.1, 0.15) is 5.82 Å². The lowest BCUT2D eigenvalue weighted by atomic mass is 9.86. The molecular formula is C24H36N4O3. The van der Waals surface area contributed by atoms with E-state index in [-0.39, 0.29) is 17.5 Å². The number of fused-ring (bicyclic) bond motifs is 1. The molecule has 2 saturated heterocycles. The van der Waals surface area contributed by atoms with Gasteiger partial charge >= 0.3 is 0 Å². The fourth-order valence-electron chi connectivity index (χ4n) is 6.09. The second-order valence-corrected chi connectivity index (χ2v) is 9.89. The summed E-state index contributed by atoms with van der Waals surface area (Å²) in [6.45, 7) is 4.04. The molecule has 0 aromatic carbocycles. The Bertz CT molecular complexity index is 842. The Morgan fingerprint density at radius 3 is 2.65 bits per heavy atom. The number of rotatable bonds is 4. The van der Waals surface area contributed by atoms with Crippen LogP contribution >= 0.6 is 0 Å². The van der Waals surface area contributed by atoms with Gasteiger partial charge in [-0.3, -0.25) is 14.5 Å². The zero-order valence-corrected chi connectivity index (χ0v) is 18.6. The predicted molar refractivity (Wildman–Crippen MR) is 118 cm³/mol. The van der Waals surface area contributed by atoms with E-state index in [1.54, 1.807) is 0 Å². The Morgan fingerprint density at radius 1 is 1.03 bits per heavy atom. The van der Waals surface area contributed by atoms with Crippen molar-refractivity contribution in [2.24, 2.45) is 5.92 Å². The number of carbonyl (C=O) groups excluding carboxylic acids is 1. The molecule has 7 nitrogen and oxygen atoms in total. The quantitative estimate of drug-likeness (QED) is 0.798. The minimum Gasteiger partial charge on any atom is -0.381 e. The van der Waals surface area contributed by atoms with Crippen molar-refractivity contribution >= 4 is 5.91 Å². The van der Waals surface area contributed by atoms with Gasteiger partial charge in [-0.05, 0) is 44.4 Å². The van der Waals surface area contributed by atoms with Gasteiger partial charge in [0, 0.05) is 51.7 Å². The first kappa shape index (κ1) is 21.1. The fourth-order valence-corrected chi connectivity index (χ4v) is 6.09. The number of hydrogen-bond acceptors (Lipinski definition) is 5. The molecule has 1 aliphatic carbocycles. The smallest absolute Gasteiger partial charge is 0.255 e. The van der Waals surface area contributed by atoms with Gasteiger partial charge in [0.25, 0.3) is 5.56 Å². The largest absolute Gasteiger partial charge is 0.381 e. The van der Waals surface area contributed by atoms with E-state index in [2.05, 4.69) is 9.88 Å². The maximum absolute atomic E-state index is 13.1. The first-order valence-electron chi connectivity index (χ1n) is 12.4. The summed E-state index contributed by atoms with van der Waals surface area (Å²) >= 11 is 0. The predicted octanol–water partition coefficient (Wildman–Crippen LogP) is 2.94. The third kappa shape index (κ3) is 4.58. The highest BCUT2D eigenvalue weighted by atomic mass is 16.5. The number of ether oxygens (including phenoxy) is 1. The van der Waals surface area contributed by atoms with Crippen molar-refractivity contribution in [1.29, 1.82) is 0 Å². The SMILES string of the molecule is O=C(CC1CCCCC1)N1CCC[C@H]1c1nc2c(c(=O)[nH]1)CN(C1CCOCC1)CC2. The Labute approximate surface area is 184 Å². The van der Waals surface area contributed by atoms with Crippen molar-refractivity contribution in [2.45, 2.75) is 89.3 Å². The topological polar surface area (TPSA) is 78.5 Å². The van der Waals surface area contributed by atoms with E-state index >= 15 is 0 Å². The van der Waals surface area contributed by atoms with E-state index in [4.69, 9.17) is 9.72 Å². The monoisotopic (exact) mass is 428 g/mol. The van der Waals surface area contributed by atoms with Gasteiger partial charge in [0.2, 0.25) is 5.91 Å². The average molecular weight is 429 g/mol. The lowest BCUT2D eigenvalue weighted by Crippen LogP contribution is -2.44. The first-order valence-corrected chi connectivity index (χ1v) is 12.4. The second kappa shape index (κ2) is 9.41. The van der Waals surface area contributed by atoms with Crippen molar-refractivity contribution in [1.82, 2.24) is 19.8 Å². The Kier molecular flexibility index (Phi) is 6.41. The first-order chi connectivity index (χ1) is 15.2. The van der Waals surface area contributed by atoms with Crippen LogP contribution in [0.2, 0.25) is 0 Å². The number of aromatic amines is 1. The van der Waals surface area contributed by atoms with Crippen LogP contribution in [0.1, 0.15) is 87.3 Å². The molecule has 3 fully saturated rings. The molecule has 0 unspecified atom stereocenters. The van der Waals surface area contributed by atoms with E-state index < -0.39 is 0 Å². The molecule has 170 valence electrons. The molecule has 1 N–H and O–H groups in total. The molecule has 4 heterocycles. The molecule has 1 aromatic rings. The molecule has 1 aromatic heterocycles. The molecule has 0 bridgehead atoms. The van der Waals surface area contributed by atoms with Crippen molar-refractivity contribution in [3.05, 3.63) is 27.4 Å². The van der Waals surface area contributed by atoms with E-state index in [1.165, 1.54) is 32.1 Å². The van der Waals surface area contributed by atoms with E-state index in [0.717, 1.165) is 69.7 Å². The zero-order valence-electron chi connectivity index (χ0n) is 18.6. The van der Waals surface area contributed by atoms with Crippen molar-refractivity contribution in [3.63, 3.8) is 0 Å². The number of likely N-dealkylation sites (tertiary alicyclic amines) is 1. The number of nitrogens with zero attached hydrogens (tertiary/aromatic N) is 3. The van der Waals surface area contributed by atoms with E-state index in [1.807, 2.05) is 4.90 Å². The summed E-state index contributed by atoms with van der Waals surface area (Å²) in [4.78, 5) is 38.5. The Balaban J connectivity index is 1.29. The summed E-state index contributed by atoms with van der Waals surface area (Å²) in [6, 6.07) is 0.436. The van der Waals surface area contributed by atoms with Gasteiger partial charge in [-0.15, -0.1) is 0 Å². The summed E-state index contributed by atoms with van der Waals surface area (Å²) in [6.07, 6.45) is 11.6. The third-order valence-corrected chi connectivity index (χ3v) is 7.90. The zero-order chi connectivity index (χ0) is 21.2. The molecule has 0 radical (unpaired) electrons. The second-order valence-electron chi connectivity index (χ2n) is 9.89. The van der Waals surface area contributed by atoms with Crippen LogP contribution in [0.25, 0.3) is 0 Å². The minimum absolute atomic E-state index is 0.0108. The van der Waals surface area contributed by atoms with Crippen molar-refractivity contribution in [3.8, 4) is 0 Å². The number of carbonyl (C=O) groups is 1. The van der Waals surface area contributed by atoms with Crippen LogP contribution in [0, 0.1) is 5.92 Å². The number of nitrogens with one attached hydrogen (secondary N) is 1. The van der Waals surface area contributed by atoms with Gasteiger partial charge in [0.05, 0.1) is 17.3 Å². The van der Waals surface area contributed by atoms with Gasteiger partial charge < -0.3 is 14.6 Å². The molecule has 1 amide bonds. The highest BCUT2D eigenvalue weighted by Crippen LogP contribution is 2.33. The van der Waals surface area contributed by atoms with Crippen LogP contribution in [-0.2, 0) is 22.5 Å². The third-order valence-electron chi connectivity index (χ3n) is 7.90. The Morgan fingerprint density at radius 2 is 1.84 bits per heavy atom. The number of aromatic nitrogens is 2. The summed E-state index contributed by atoms with van der Waals surface area (Å²) in [7, 11) is 0. The summed E-state index contributed by atoms with van der Waals surface area (Å²) in [5.74, 6) is 1.49. The normalized spacial score (nSPS) is 26.2. The standard InChI is InChI=1S/C24H36N4O3/c29-22(15-17-5-2-1-3-6-17)28-11-4-7-21(28)23-25-20-8-12-27(16-19(20)24(30)26-23)18-9-13-31-14-10-18/h17-18,21H,1-16H2,(H,25,26,30)/t21-/m0/s1. The van der Waals surface area contributed by atoms with Crippen LogP contribution in [0.4, 0.5) is 0 Å². The molecule has 1 atom stereocenters. The van der Waals surface area contributed by atoms with Gasteiger partial charge in [-0.25, -0.2) is 4.98 Å². The van der Waals surface area contributed by atoms with Crippen LogP contribution in [-0.4, -0.2) is 58.0 Å². The van der Waals surface area contributed by atoms with Gasteiger partial charge in [0.15, 0.2) is 0 Å².